The molecule has 5 heteroatoms. The first-order valence-electron chi connectivity index (χ1n) is 7.97. The average Bonchev–Trinajstić information content (AvgIpc) is 2.64. The molecule has 3 nitrogen and oxygen atoms in total. The van der Waals surface area contributed by atoms with E-state index >= 15 is 0 Å². The van der Waals surface area contributed by atoms with Crippen molar-refractivity contribution in [2.45, 2.75) is 13.3 Å². The van der Waals surface area contributed by atoms with Crippen LogP contribution in [0.1, 0.15) is 12.5 Å². The van der Waals surface area contributed by atoms with Crippen molar-refractivity contribution in [3.63, 3.8) is 0 Å². The van der Waals surface area contributed by atoms with Crippen molar-refractivity contribution >= 4 is 45.7 Å². The van der Waals surface area contributed by atoms with Crippen LogP contribution in [0.2, 0.25) is 5.02 Å². The number of benzene rings is 2. The van der Waals surface area contributed by atoms with Gasteiger partial charge in [0.1, 0.15) is 0 Å². The maximum atomic E-state index is 12.9. The lowest BCUT2D eigenvalue weighted by Crippen LogP contribution is -2.37. The highest BCUT2D eigenvalue weighted by Crippen LogP contribution is 2.29. The monoisotopic (exact) mass is 372 g/mol. The van der Waals surface area contributed by atoms with Crippen molar-refractivity contribution in [2.75, 3.05) is 11.2 Å². The summed E-state index contributed by atoms with van der Waals surface area (Å²) in [7, 11) is 0. The second-order valence-corrected chi connectivity index (χ2v) is 7.04. The number of hydrogen-bond donors (Lipinski definition) is 1. The summed E-state index contributed by atoms with van der Waals surface area (Å²) in [6, 6.07) is 17.0. The molecule has 0 aliphatic rings. The maximum Gasteiger partial charge on any atom is 0.231 e. The second kappa shape index (κ2) is 7.42. The molecule has 1 aromatic heterocycles. The van der Waals surface area contributed by atoms with Crippen molar-refractivity contribution in [1.82, 2.24) is 4.98 Å². The number of carbonyl (C=O) groups excluding carboxylic acids is 1. The first kappa shape index (κ1) is 17.7. The molecule has 3 aromatic rings. The Kier molecular flexibility index (Phi) is 5.26. The van der Waals surface area contributed by atoms with Gasteiger partial charge in [-0.1, -0.05) is 41.9 Å². The van der Waals surface area contributed by atoms with Gasteiger partial charge in [0.2, 0.25) is 5.91 Å². The molecule has 0 radical (unpaired) electrons. The van der Waals surface area contributed by atoms with E-state index in [1.807, 2.05) is 61.5 Å². The number of nitrogens with one attached hydrogen (secondary N) is 1. The Morgan fingerprint density at radius 1 is 1.12 bits per heavy atom. The summed E-state index contributed by atoms with van der Waals surface area (Å²) >= 11 is 12.1. The van der Waals surface area contributed by atoms with E-state index in [0.717, 1.165) is 16.5 Å². The van der Waals surface area contributed by atoms with Crippen LogP contribution in [0.3, 0.4) is 0 Å². The molecule has 0 fully saturated rings. The number of anilines is 1. The summed E-state index contributed by atoms with van der Waals surface area (Å²) in [6.45, 7) is 1.86. The maximum absolute atomic E-state index is 12.9. The van der Waals surface area contributed by atoms with Gasteiger partial charge in [-0.2, -0.15) is 0 Å². The number of hydrogen-bond acceptors (Lipinski definition) is 2. The molecule has 1 N–H and O–H groups in total. The summed E-state index contributed by atoms with van der Waals surface area (Å²) in [5.74, 6) is 0.0789. The predicted molar refractivity (Wildman–Crippen MR) is 104 cm³/mol. The molecule has 0 aliphatic heterocycles. The van der Waals surface area contributed by atoms with Crippen LogP contribution in [-0.4, -0.2) is 16.8 Å². The lowest BCUT2D eigenvalue weighted by atomic mass is 9.84. The highest BCUT2D eigenvalue weighted by Gasteiger charge is 2.33. The molecule has 2 aromatic carbocycles. The van der Waals surface area contributed by atoms with E-state index in [-0.39, 0.29) is 11.8 Å². The number of pyridine rings is 1. The molecule has 25 heavy (non-hydrogen) atoms. The summed E-state index contributed by atoms with van der Waals surface area (Å²) in [4.78, 5) is 17.3. The molecule has 0 bridgehead atoms. The molecule has 1 amide bonds. The Bertz CT molecular complexity index is 890. The van der Waals surface area contributed by atoms with Gasteiger partial charge in [-0.25, -0.2) is 0 Å². The minimum absolute atomic E-state index is 0.129. The van der Waals surface area contributed by atoms with E-state index in [0.29, 0.717) is 17.1 Å². The zero-order chi connectivity index (χ0) is 17.9. The summed E-state index contributed by atoms with van der Waals surface area (Å²) in [5, 5.41) is 4.64. The Balaban J connectivity index is 1.85. The number of alkyl halides is 1. The molecule has 1 atom stereocenters. The van der Waals surface area contributed by atoms with E-state index in [4.69, 9.17) is 23.2 Å². The van der Waals surface area contributed by atoms with Crippen molar-refractivity contribution in [3.8, 4) is 0 Å². The predicted octanol–water partition coefficient (Wildman–Crippen LogP) is 5.31. The minimum Gasteiger partial charge on any atom is -0.324 e. The zero-order valence-corrected chi connectivity index (χ0v) is 15.3. The molecule has 0 saturated heterocycles. The third-order valence-corrected chi connectivity index (χ3v) is 5.07. The number of halogens is 2. The first-order chi connectivity index (χ1) is 12.0. The van der Waals surface area contributed by atoms with Gasteiger partial charge in [-0.05, 0) is 43.2 Å². The second-order valence-electron chi connectivity index (χ2n) is 6.33. The van der Waals surface area contributed by atoms with Gasteiger partial charge in [-0.15, -0.1) is 11.6 Å². The fourth-order valence-corrected chi connectivity index (χ4v) is 3.06. The Hall–Kier alpha value is -2.10. The highest BCUT2D eigenvalue weighted by atomic mass is 35.5. The quantitative estimate of drug-likeness (QED) is 0.616. The normalized spacial score (nSPS) is 13.4. The van der Waals surface area contributed by atoms with Crippen LogP contribution in [0, 0.1) is 5.41 Å². The number of aromatic nitrogens is 1. The van der Waals surface area contributed by atoms with Gasteiger partial charge in [0.15, 0.2) is 0 Å². The third-order valence-electron chi connectivity index (χ3n) is 4.23. The van der Waals surface area contributed by atoms with E-state index in [2.05, 4.69) is 10.3 Å². The molecular weight excluding hydrogens is 355 g/mol. The lowest BCUT2D eigenvalue weighted by Gasteiger charge is -2.26. The molecule has 128 valence electrons. The van der Waals surface area contributed by atoms with Crippen molar-refractivity contribution in [3.05, 3.63) is 71.4 Å². The summed E-state index contributed by atoms with van der Waals surface area (Å²) in [6.07, 6.45) is 2.24. The van der Waals surface area contributed by atoms with Crippen LogP contribution in [0.4, 0.5) is 5.69 Å². The Morgan fingerprint density at radius 3 is 2.56 bits per heavy atom. The summed E-state index contributed by atoms with van der Waals surface area (Å²) in [5.41, 5.74) is 1.72. The zero-order valence-electron chi connectivity index (χ0n) is 13.8. The van der Waals surface area contributed by atoms with Gasteiger partial charge in [0, 0.05) is 22.5 Å². The number of para-hydroxylation sites is 1. The molecule has 3 rings (SSSR count). The lowest BCUT2D eigenvalue weighted by molar-refractivity contribution is -0.123. The fourth-order valence-electron chi connectivity index (χ4n) is 2.72. The highest BCUT2D eigenvalue weighted by molar-refractivity contribution is 6.30. The molecule has 0 spiro atoms. The molecule has 1 unspecified atom stereocenters. The third kappa shape index (κ3) is 3.94. The average molecular weight is 373 g/mol. The SMILES string of the molecule is CC(CCl)(Cc1ccc(Cl)cc1)C(=O)Nc1cccc2cccnc12. The van der Waals surface area contributed by atoms with Gasteiger partial charge in [0.25, 0.3) is 0 Å². The van der Waals surface area contributed by atoms with Crippen LogP contribution < -0.4 is 5.32 Å². The number of nitrogens with zero attached hydrogens (tertiary/aromatic N) is 1. The van der Waals surface area contributed by atoms with E-state index in [1.54, 1.807) is 6.20 Å². The minimum atomic E-state index is -0.744. The van der Waals surface area contributed by atoms with E-state index < -0.39 is 5.41 Å². The standard InChI is InChI=1S/C20H18Cl2N2O/c1-20(13-21,12-14-7-9-16(22)10-8-14)19(25)24-17-6-2-4-15-5-3-11-23-18(15)17/h2-11H,12-13H2,1H3,(H,24,25). The smallest absolute Gasteiger partial charge is 0.231 e. The summed E-state index contributed by atoms with van der Waals surface area (Å²) < 4.78 is 0. The number of amides is 1. The Labute approximate surface area is 157 Å². The van der Waals surface area contributed by atoms with Gasteiger partial charge < -0.3 is 5.32 Å². The van der Waals surface area contributed by atoms with Crippen LogP contribution in [0.5, 0.6) is 0 Å². The topological polar surface area (TPSA) is 42.0 Å². The number of fused-ring (bicyclic) bond motifs is 1. The van der Waals surface area contributed by atoms with Crippen LogP contribution in [-0.2, 0) is 11.2 Å². The van der Waals surface area contributed by atoms with Gasteiger partial charge in [-0.3, -0.25) is 9.78 Å². The molecular formula is C20H18Cl2N2O. The molecule has 1 heterocycles. The number of rotatable bonds is 5. The van der Waals surface area contributed by atoms with Crippen LogP contribution >= 0.6 is 23.2 Å². The van der Waals surface area contributed by atoms with Crippen LogP contribution in [0.15, 0.2) is 60.8 Å². The van der Waals surface area contributed by atoms with Gasteiger partial charge in [0.05, 0.1) is 16.6 Å². The van der Waals surface area contributed by atoms with E-state index in [1.165, 1.54) is 0 Å². The van der Waals surface area contributed by atoms with Crippen LogP contribution in [0.25, 0.3) is 10.9 Å². The van der Waals surface area contributed by atoms with E-state index in [9.17, 15) is 4.79 Å². The van der Waals surface area contributed by atoms with Crippen molar-refractivity contribution < 1.29 is 4.79 Å². The fraction of sp³-hybridized carbons (Fsp3) is 0.200. The first-order valence-corrected chi connectivity index (χ1v) is 8.89. The Morgan fingerprint density at radius 2 is 1.84 bits per heavy atom. The largest absolute Gasteiger partial charge is 0.324 e. The van der Waals surface area contributed by atoms with Crippen molar-refractivity contribution in [2.24, 2.45) is 5.41 Å². The molecule has 0 aliphatic carbocycles. The van der Waals surface area contributed by atoms with Crippen molar-refractivity contribution in [1.29, 1.82) is 0 Å². The van der Waals surface area contributed by atoms with Gasteiger partial charge >= 0.3 is 0 Å². The molecule has 0 saturated carbocycles. The number of carbonyl (C=O) groups is 1.